The lowest BCUT2D eigenvalue weighted by atomic mass is 10.4. The molecule has 0 aromatic heterocycles. The Bertz CT molecular complexity index is 174. The highest BCUT2D eigenvalue weighted by Gasteiger charge is 2.53. The van der Waals surface area contributed by atoms with Crippen molar-refractivity contribution in [2.75, 3.05) is 0 Å². The summed E-state index contributed by atoms with van der Waals surface area (Å²) in [5.74, 6) is -3.34. The van der Waals surface area contributed by atoms with Crippen LogP contribution >= 0.6 is 15.9 Å². The fourth-order valence-corrected chi connectivity index (χ4v) is 0.405. The summed E-state index contributed by atoms with van der Waals surface area (Å²) >= 11 is 1.49. The molecule has 0 aliphatic rings. The zero-order valence-corrected chi connectivity index (χ0v) is 6.98. The summed E-state index contributed by atoms with van der Waals surface area (Å²) in [6.07, 6.45) is 0. The second kappa shape index (κ2) is 2.92. The fourth-order valence-electron chi connectivity index (χ4n) is 0.149. The largest absolute Gasteiger partial charge is 0.379 e. The molecule has 0 saturated heterocycles. The molecule has 55 valence electrons. The molecule has 0 unspecified atom stereocenters. The van der Waals surface area contributed by atoms with E-state index in [-0.39, 0.29) is 0 Å². The SMILES string of the molecule is FC(F)(Br)C(F)(F)C#C[Si]. The Labute approximate surface area is 66.5 Å². The molecule has 0 amide bonds. The van der Waals surface area contributed by atoms with E-state index in [4.69, 9.17) is 0 Å². The van der Waals surface area contributed by atoms with Crippen molar-refractivity contribution in [2.24, 2.45) is 0 Å². The van der Waals surface area contributed by atoms with Gasteiger partial charge in [0.15, 0.2) is 0 Å². The third-order valence-electron chi connectivity index (χ3n) is 0.576. The van der Waals surface area contributed by atoms with E-state index < -0.39 is 10.8 Å². The van der Waals surface area contributed by atoms with Crippen molar-refractivity contribution in [2.45, 2.75) is 10.8 Å². The Kier molecular flexibility index (Phi) is 2.92. The van der Waals surface area contributed by atoms with Crippen LogP contribution in [0.5, 0.6) is 0 Å². The van der Waals surface area contributed by atoms with Crippen LogP contribution in [0.15, 0.2) is 0 Å². The molecular weight excluding hydrogens is 232 g/mol. The maximum atomic E-state index is 11.9. The van der Waals surface area contributed by atoms with Gasteiger partial charge in [0.2, 0.25) is 0 Å². The van der Waals surface area contributed by atoms with Crippen molar-refractivity contribution >= 4 is 26.2 Å². The first-order chi connectivity index (χ1) is 4.31. The lowest BCUT2D eigenvalue weighted by Crippen LogP contribution is -2.33. The van der Waals surface area contributed by atoms with Crippen LogP contribution in [0, 0.1) is 11.5 Å². The van der Waals surface area contributed by atoms with E-state index in [0.29, 0.717) is 0 Å². The van der Waals surface area contributed by atoms with Gasteiger partial charge in [0, 0.05) is 0 Å². The highest BCUT2D eigenvalue weighted by molar-refractivity contribution is 9.10. The summed E-state index contributed by atoms with van der Waals surface area (Å²) < 4.78 is 47.3. The van der Waals surface area contributed by atoms with Gasteiger partial charge in [-0.2, -0.15) is 17.6 Å². The molecule has 10 heavy (non-hydrogen) atoms. The molecule has 0 spiro atoms. The van der Waals surface area contributed by atoms with Gasteiger partial charge in [-0.05, 0) is 21.9 Å². The van der Waals surface area contributed by atoms with Crippen molar-refractivity contribution in [1.29, 1.82) is 0 Å². The Morgan fingerprint density at radius 1 is 1.20 bits per heavy atom. The summed E-state index contributed by atoms with van der Waals surface area (Å²) in [5, 5.41) is 0. The zero-order valence-electron chi connectivity index (χ0n) is 4.39. The molecule has 3 radical (unpaired) electrons. The molecule has 0 aromatic carbocycles. The first kappa shape index (κ1) is 9.98. The minimum atomic E-state index is -4.34. The van der Waals surface area contributed by atoms with Gasteiger partial charge >= 0.3 is 10.8 Å². The molecule has 0 aliphatic carbocycles. The van der Waals surface area contributed by atoms with Gasteiger partial charge in [0.1, 0.15) is 10.2 Å². The predicted molar refractivity (Wildman–Crippen MR) is 32.4 cm³/mol. The van der Waals surface area contributed by atoms with Crippen LogP contribution in [0.4, 0.5) is 17.6 Å². The van der Waals surface area contributed by atoms with Gasteiger partial charge in [-0.15, -0.1) is 5.54 Å². The minimum Gasteiger partial charge on any atom is -0.185 e. The molecule has 0 atom stereocenters. The van der Waals surface area contributed by atoms with Crippen LogP contribution in [0.25, 0.3) is 0 Å². The molecule has 0 N–H and O–H groups in total. The number of rotatable bonds is 1. The van der Waals surface area contributed by atoms with Crippen molar-refractivity contribution < 1.29 is 17.6 Å². The first-order valence-corrected chi connectivity index (χ1v) is 3.24. The lowest BCUT2D eigenvalue weighted by molar-refractivity contribution is -0.104. The van der Waals surface area contributed by atoms with Gasteiger partial charge in [-0.3, -0.25) is 0 Å². The highest BCUT2D eigenvalue weighted by atomic mass is 79.9. The summed E-state index contributed by atoms with van der Waals surface area (Å²) in [4.78, 5) is -4.28. The second-order valence-electron chi connectivity index (χ2n) is 1.32. The quantitative estimate of drug-likeness (QED) is 0.279. The topological polar surface area (TPSA) is 0 Å². The minimum absolute atomic E-state index is 0.995. The van der Waals surface area contributed by atoms with Crippen molar-refractivity contribution in [3.8, 4) is 11.5 Å². The maximum absolute atomic E-state index is 11.9. The van der Waals surface area contributed by atoms with Gasteiger partial charge in [0.25, 0.3) is 0 Å². The fraction of sp³-hybridized carbons (Fsp3) is 0.500. The molecule has 0 nitrogen and oxygen atoms in total. The van der Waals surface area contributed by atoms with Crippen LogP contribution in [-0.4, -0.2) is 21.0 Å². The predicted octanol–water partition coefficient (Wildman–Crippen LogP) is 1.74. The van der Waals surface area contributed by atoms with Crippen molar-refractivity contribution in [3.63, 3.8) is 0 Å². The van der Waals surface area contributed by atoms with Crippen LogP contribution < -0.4 is 0 Å². The van der Waals surface area contributed by atoms with Crippen molar-refractivity contribution in [3.05, 3.63) is 0 Å². The summed E-state index contributed by atoms with van der Waals surface area (Å²) in [7, 11) is 2.33. The Morgan fingerprint density at radius 3 is 1.70 bits per heavy atom. The summed E-state index contributed by atoms with van der Waals surface area (Å²) in [6.45, 7) is 0. The highest BCUT2D eigenvalue weighted by Crippen LogP contribution is 2.38. The number of halogens is 5. The molecule has 0 aliphatic heterocycles. The molecule has 0 rings (SSSR count). The summed E-state index contributed by atoms with van der Waals surface area (Å²) in [5.41, 5.74) is 1.51. The Balaban J connectivity index is 4.51. The van der Waals surface area contributed by atoms with Gasteiger partial charge in [0.05, 0.1) is 0 Å². The average molecular weight is 232 g/mol. The molecule has 0 saturated carbocycles. The smallest absolute Gasteiger partial charge is 0.185 e. The third-order valence-corrected chi connectivity index (χ3v) is 1.20. The lowest BCUT2D eigenvalue weighted by Gasteiger charge is -2.14. The Hall–Kier alpha value is -0.0231. The third kappa shape index (κ3) is 2.31. The Morgan fingerprint density at radius 2 is 1.60 bits per heavy atom. The van der Waals surface area contributed by atoms with Crippen LogP contribution in [-0.2, 0) is 0 Å². The van der Waals surface area contributed by atoms with Gasteiger partial charge < -0.3 is 0 Å². The standard InChI is InChI=1S/C4BrF4Si/c5-4(8,9)3(6,7)1-2-10. The van der Waals surface area contributed by atoms with Crippen LogP contribution in [0.3, 0.4) is 0 Å². The van der Waals surface area contributed by atoms with E-state index in [0.717, 1.165) is 5.92 Å². The molecule has 0 heterocycles. The zero-order chi connectivity index (χ0) is 8.41. The van der Waals surface area contributed by atoms with E-state index in [2.05, 4.69) is 10.2 Å². The maximum Gasteiger partial charge on any atom is 0.379 e. The van der Waals surface area contributed by atoms with Gasteiger partial charge in [-0.25, -0.2) is 0 Å². The van der Waals surface area contributed by atoms with E-state index >= 15 is 0 Å². The monoisotopic (exact) mass is 231 g/mol. The number of hydrogen-bond acceptors (Lipinski definition) is 0. The summed E-state index contributed by atoms with van der Waals surface area (Å²) in [6, 6.07) is 0. The molecule has 0 aromatic rings. The van der Waals surface area contributed by atoms with E-state index in [9.17, 15) is 17.6 Å². The van der Waals surface area contributed by atoms with Crippen LogP contribution in [0.2, 0.25) is 0 Å². The van der Waals surface area contributed by atoms with E-state index in [1.54, 1.807) is 0 Å². The molecule has 6 heteroatoms. The molecule has 0 fully saturated rings. The van der Waals surface area contributed by atoms with Crippen LogP contribution in [0.1, 0.15) is 0 Å². The molecule has 0 bridgehead atoms. The normalized spacial score (nSPS) is 12.2. The second-order valence-corrected chi connectivity index (χ2v) is 2.57. The van der Waals surface area contributed by atoms with E-state index in [1.807, 2.05) is 0 Å². The number of alkyl halides is 5. The first-order valence-electron chi connectivity index (χ1n) is 1.94. The molecular formula is C4BrF4Si. The average Bonchev–Trinajstić information content (AvgIpc) is 1.61. The van der Waals surface area contributed by atoms with E-state index in [1.165, 1.54) is 21.5 Å². The van der Waals surface area contributed by atoms with Crippen molar-refractivity contribution in [1.82, 2.24) is 0 Å². The van der Waals surface area contributed by atoms with Gasteiger partial charge in [-0.1, -0.05) is 0 Å². The number of hydrogen-bond donors (Lipinski definition) is 0.